The SMILES string of the molecule is CCS(=O)(=O)Nc1ccc(F)cc1Cc1ccc(N2CC(=O)NS2(=O)=O)c(O)c1. The quantitative estimate of drug-likeness (QED) is 0.612. The van der Waals surface area contributed by atoms with Gasteiger partial charge in [-0.1, -0.05) is 6.07 Å². The molecule has 9 nitrogen and oxygen atoms in total. The summed E-state index contributed by atoms with van der Waals surface area (Å²) in [6.07, 6.45) is 0.0666. The van der Waals surface area contributed by atoms with Crippen molar-refractivity contribution in [3.8, 4) is 5.75 Å². The Morgan fingerprint density at radius 2 is 1.97 bits per heavy atom. The fraction of sp³-hybridized carbons (Fsp3) is 0.235. The van der Waals surface area contributed by atoms with Crippen LogP contribution in [0.25, 0.3) is 0 Å². The number of sulfonamides is 1. The van der Waals surface area contributed by atoms with Crippen molar-refractivity contribution in [2.24, 2.45) is 0 Å². The molecule has 0 unspecified atom stereocenters. The number of carbonyl (C=O) groups excluding carboxylic acids is 1. The largest absolute Gasteiger partial charge is 0.506 e. The Balaban J connectivity index is 1.91. The number of hydrogen-bond acceptors (Lipinski definition) is 6. The number of benzene rings is 2. The molecule has 1 aliphatic heterocycles. The van der Waals surface area contributed by atoms with Crippen molar-refractivity contribution in [1.29, 1.82) is 0 Å². The number of hydrogen-bond donors (Lipinski definition) is 3. The first-order valence-electron chi connectivity index (χ1n) is 8.45. The highest BCUT2D eigenvalue weighted by molar-refractivity contribution is 7.92. The predicted octanol–water partition coefficient (Wildman–Crippen LogP) is 1.06. The maximum Gasteiger partial charge on any atom is 0.326 e. The van der Waals surface area contributed by atoms with Gasteiger partial charge in [0, 0.05) is 0 Å². The summed E-state index contributed by atoms with van der Waals surface area (Å²) in [5.74, 6) is -1.83. The van der Waals surface area contributed by atoms with Crippen molar-refractivity contribution < 1.29 is 31.1 Å². The molecular formula is C17H18FN3O6S2. The molecule has 12 heteroatoms. The molecule has 0 aliphatic carbocycles. The number of phenols is 1. The normalized spacial score (nSPS) is 15.9. The molecule has 2 aromatic carbocycles. The maximum atomic E-state index is 13.7. The zero-order valence-corrected chi connectivity index (χ0v) is 16.8. The lowest BCUT2D eigenvalue weighted by Crippen LogP contribution is -2.29. The molecule has 156 valence electrons. The predicted molar refractivity (Wildman–Crippen MR) is 105 cm³/mol. The molecule has 0 saturated carbocycles. The zero-order valence-electron chi connectivity index (χ0n) is 15.2. The molecule has 1 heterocycles. The van der Waals surface area contributed by atoms with Crippen molar-refractivity contribution in [1.82, 2.24) is 4.72 Å². The lowest BCUT2D eigenvalue weighted by Gasteiger charge is -2.17. The molecule has 1 aliphatic rings. The lowest BCUT2D eigenvalue weighted by atomic mass is 10.0. The number of carbonyl (C=O) groups is 1. The van der Waals surface area contributed by atoms with Crippen molar-refractivity contribution in [3.05, 3.63) is 53.3 Å². The Morgan fingerprint density at radius 3 is 2.55 bits per heavy atom. The summed E-state index contributed by atoms with van der Waals surface area (Å²) in [6.45, 7) is 1.01. The van der Waals surface area contributed by atoms with E-state index in [1.807, 2.05) is 0 Å². The van der Waals surface area contributed by atoms with E-state index in [1.165, 1.54) is 37.3 Å². The molecule has 1 saturated heterocycles. The first-order chi connectivity index (χ1) is 13.5. The molecular weight excluding hydrogens is 425 g/mol. The highest BCUT2D eigenvalue weighted by Crippen LogP contribution is 2.32. The summed E-state index contributed by atoms with van der Waals surface area (Å²) in [6, 6.07) is 7.69. The molecule has 0 atom stereocenters. The Kier molecular flexibility index (Phi) is 5.41. The number of anilines is 2. The Labute approximate surface area is 167 Å². The summed E-state index contributed by atoms with van der Waals surface area (Å²) in [5.41, 5.74) is 0.927. The monoisotopic (exact) mass is 443 g/mol. The number of halogens is 1. The second-order valence-corrected chi connectivity index (χ2v) is 9.95. The van der Waals surface area contributed by atoms with Crippen LogP contribution in [0.4, 0.5) is 15.8 Å². The van der Waals surface area contributed by atoms with Crippen LogP contribution < -0.4 is 13.7 Å². The second kappa shape index (κ2) is 7.52. The number of phenolic OH excluding ortho intramolecular Hbond substituents is 1. The van der Waals surface area contributed by atoms with E-state index in [-0.39, 0.29) is 23.5 Å². The van der Waals surface area contributed by atoms with Gasteiger partial charge in [-0.25, -0.2) is 21.8 Å². The van der Waals surface area contributed by atoms with Gasteiger partial charge in [0.05, 0.1) is 17.1 Å². The molecule has 1 fully saturated rings. The van der Waals surface area contributed by atoms with Gasteiger partial charge in [-0.2, -0.15) is 8.42 Å². The average Bonchev–Trinajstić information content (AvgIpc) is 2.89. The van der Waals surface area contributed by atoms with E-state index in [2.05, 4.69) is 4.72 Å². The molecule has 0 bridgehead atoms. The van der Waals surface area contributed by atoms with E-state index in [0.717, 1.165) is 10.4 Å². The Bertz CT molecular complexity index is 1180. The second-order valence-electron chi connectivity index (χ2n) is 6.34. The van der Waals surface area contributed by atoms with Gasteiger partial charge in [0.25, 0.3) is 5.91 Å². The van der Waals surface area contributed by atoms with Crippen LogP contribution in [0.2, 0.25) is 0 Å². The molecule has 3 rings (SSSR count). The van der Waals surface area contributed by atoms with Gasteiger partial charge in [-0.3, -0.25) is 9.52 Å². The van der Waals surface area contributed by atoms with Crippen LogP contribution in [-0.2, 0) is 31.4 Å². The van der Waals surface area contributed by atoms with Gasteiger partial charge in [0.2, 0.25) is 10.0 Å². The van der Waals surface area contributed by atoms with E-state index >= 15 is 0 Å². The van der Waals surface area contributed by atoms with Crippen molar-refractivity contribution >= 4 is 37.5 Å². The third kappa shape index (κ3) is 4.59. The van der Waals surface area contributed by atoms with E-state index in [1.54, 1.807) is 4.72 Å². The topological polar surface area (TPSA) is 133 Å². The Morgan fingerprint density at radius 1 is 1.24 bits per heavy atom. The van der Waals surface area contributed by atoms with Crippen LogP contribution in [0.3, 0.4) is 0 Å². The first-order valence-corrected chi connectivity index (χ1v) is 11.5. The number of amides is 1. The number of nitrogens with one attached hydrogen (secondary N) is 2. The number of aromatic hydroxyl groups is 1. The summed E-state index contributed by atoms with van der Waals surface area (Å²) >= 11 is 0. The summed E-state index contributed by atoms with van der Waals surface area (Å²) in [5, 5.41) is 10.3. The third-order valence-electron chi connectivity index (χ3n) is 4.24. The minimum atomic E-state index is -4.07. The highest BCUT2D eigenvalue weighted by Gasteiger charge is 2.35. The van der Waals surface area contributed by atoms with Crippen LogP contribution in [0.1, 0.15) is 18.1 Å². The van der Waals surface area contributed by atoms with E-state index in [0.29, 0.717) is 11.1 Å². The van der Waals surface area contributed by atoms with E-state index in [9.17, 15) is 31.1 Å². The van der Waals surface area contributed by atoms with Crippen LogP contribution in [0, 0.1) is 5.82 Å². The van der Waals surface area contributed by atoms with E-state index in [4.69, 9.17) is 0 Å². The molecule has 29 heavy (non-hydrogen) atoms. The number of nitrogens with zero attached hydrogens (tertiary/aromatic N) is 1. The summed E-state index contributed by atoms with van der Waals surface area (Å²) in [4.78, 5) is 11.4. The van der Waals surface area contributed by atoms with Gasteiger partial charge in [0.1, 0.15) is 18.1 Å². The van der Waals surface area contributed by atoms with E-state index < -0.39 is 44.3 Å². The summed E-state index contributed by atoms with van der Waals surface area (Å²) < 4.78 is 66.2. The molecule has 1 amide bonds. The molecule has 2 aromatic rings. The fourth-order valence-corrected chi connectivity index (χ4v) is 4.66. The summed E-state index contributed by atoms with van der Waals surface area (Å²) in [7, 11) is -7.65. The minimum absolute atomic E-state index is 0.0666. The Hall–Kier alpha value is -2.86. The van der Waals surface area contributed by atoms with Gasteiger partial charge in [0.15, 0.2) is 0 Å². The van der Waals surface area contributed by atoms with Gasteiger partial charge < -0.3 is 5.11 Å². The molecule has 0 spiro atoms. The van der Waals surface area contributed by atoms with Crippen LogP contribution in [-0.4, -0.2) is 40.1 Å². The van der Waals surface area contributed by atoms with Crippen molar-refractivity contribution in [2.45, 2.75) is 13.3 Å². The molecule has 3 N–H and O–H groups in total. The lowest BCUT2D eigenvalue weighted by molar-refractivity contribution is -0.117. The maximum absolute atomic E-state index is 13.7. The smallest absolute Gasteiger partial charge is 0.326 e. The number of rotatable bonds is 6. The fourth-order valence-electron chi connectivity index (χ4n) is 2.82. The third-order valence-corrected chi connectivity index (χ3v) is 6.92. The standard InChI is InChI=1S/C17H18FN3O6S2/c1-2-28(24,25)19-14-5-4-13(18)9-12(14)7-11-3-6-15(16(22)8-11)21-10-17(23)20-29(21,26)27/h3-6,8-9,19,22H,2,7,10H2,1H3,(H,20,23). The van der Waals surface area contributed by atoms with Crippen LogP contribution in [0.5, 0.6) is 5.75 Å². The molecule has 0 radical (unpaired) electrons. The van der Waals surface area contributed by atoms with Gasteiger partial charge in [-0.15, -0.1) is 0 Å². The van der Waals surface area contributed by atoms with Crippen LogP contribution in [0.15, 0.2) is 36.4 Å². The van der Waals surface area contributed by atoms with Gasteiger partial charge in [-0.05, 0) is 54.8 Å². The van der Waals surface area contributed by atoms with Gasteiger partial charge >= 0.3 is 10.2 Å². The van der Waals surface area contributed by atoms with Crippen LogP contribution >= 0.6 is 0 Å². The van der Waals surface area contributed by atoms with Crippen molar-refractivity contribution in [2.75, 3.05) is 21.3 Å². The van der Waals surface area contributed by atoms with Crippen molar-refractivity contribution in [3.63, 3.8) is 0 Å². The average molecular weight is 443 g/mol. The first kappa shape index (κ1) is 20.9. The highest BCUT2D eigenvalue weighted by atomic mass is 32.2. The zero-order chi connectivity index (χ0) is 21.4. The minimum Gasteiger partial charge on any atom is -0.506 e. The molecule has 0 aromatic heterocycles.